The van der Waals surface area contributed by atoms with Crippen molar-refractivity contribution in [2.75, 3.05) is 20.3 Å². The molecule has 0 unspecified atom stereocenters. The van der Waals surface area contributed by atoms with Crippen LogP contribution < -0.4 is 15.0 Å². The van der Waals surface area contributed by atoms with Crippen molar-refractivity contribution in [2.45, 2.75) is 6.92 Å². The number of carbonyl (C=O) groups excluding carboxylic acids is 1. The highest BCUT2D eigenvalue weighted by molar-refractivity contribution is 6.12. The first-order valence-corrected chi connectivity index (χ1v) is 9.72. The highest BCUT2D eigenvalue weighted by Gasteiger charge is 2.28. The van der Waals surface area contributed by atoms with Crippen LogP contribution in [0.5, 0.6) is 11.5 Å². The van der Waals surface area contributed by atoms with Gasteiger partial charge in [0.05, 0.1) is 24.8 Å². The van der Waals surface area contributed by atoms with Gasteiger partial charge in [-0.2, -0.15) is 0 Å². The largest absolute Gasteiger partial charge is 0.492 e. The Kier molecular flexibility index (Phi) is 5.55. The maximum Gasteiger partial charge on any atom is 0.344 e. The monoisotopic (exact) mass is 437 g/mol. The van der Waals surface area contributed by atoms with E-state index in [0.29, 0.717) is 22.0 Å². The number of methoxy groups -OCH3 is 1. The first kappa shape index (κ1) is 21.0. The average molecular weight is 437 g/mol. The molecule has 0 amide bonds. The Morgan fingerprint density at radius 1 is 1.12 bits per heavy atom. The number of hydrogen-bond donors (Lipinski definition) is 2. The number of esters is 1. The molecule has 0 fully saturated rings. The van der Waals surface area contributed by atoms with Crippen molar-refractivity contribution < 1.29 is 33.3 Å². The molecule has 2 aromatic carbocycles. The number of fused-ring (bicyclic) bond motifs is 3. The summed E-state index contributed by atoms with van der Waals surface area (Å²) in [4.78, 5) is 39.5. The van der Waals surface area contributed by atoms with E-state index >= 15 is 0 Å². The number of benzene rings is 2. The highest BCUT2D eigenvalue weighted by atomic mass is 16.5. The lowest BCUT2D eigenvalue weighted by molar-refractivity contribution is -0.139. The summed E-state index contributed by atoms with van der Waals surface area (Å²) in [6.07, 6.45) is 0. The van der Waals surface area contributed by atoms with Gasteiger partial charge in [-0.15, -0.1) is 0 Å². The molecule has 0 aliphatic carbocycles. The second-order valence-electron chi connectivity index (χ2n) is 6.75. The number of ether oxygens (including phenoxy) is 3. The van der Waals surface area contributed by atoms with Crippen LogP contribution in [0.1, 0.15) is 17.3 Å². The molecule has 4 rings (SSSR count). The summed E-state index contributed by atoms with van der Waals surface area (Å²) in [5, 5.41) is 9.63. The molecule has 0 aliphatic rings. The molecule has 0 atom stereocenters. The van der Waals surface area contributed by atoms with Gasteiger partial charge in [-0.1, -0.05) is 24.3 Å². The zero-order valence-electron chi connectivity index (χ0n) is 17.3. The van der Waals surface area contributed by atoms with Gasteiger partial charge in [0.2, 0.25) is 0 Å². The van der Waals surface area contributed by atoms with E-state index in [1.807, 2.05) is 0 Å². The second-order valence-corrected chi connectivity index (χ2v) is 6.75. The molecule has 0 saturated heterocycles. The fourth-order valence-electron chi connectivity index (χ4n) is 3.58. The van der Waals surface area contributed by atoms with E-state index in [9.17, 15) is 14.4 Å². The normalized spacial score (nSPS) is 10.9. The van der Waals surface area contributed by atoms with Crippen LogP contribution in [0.15, 0.2) is 51.7 Å². The third-order valence-electron chi connectivity index (χ3n) is 4.82. The lowest BCUT2D eigenvalue weighted by Crippen LogP contribution is -2.21. The van der Waals surface area contributed by atoms with E-state index < -0.39 is 24.1 Å². The number of rotatable bonds is 7. The fraction of sp³-hybridized carbons (Fsp3) is 0.174. The first-order valence-electron chi connectivity index (χ1n) is 9.72. The Bertz CT molecular complexity index is 1400. The Morgan fingerprint density at radius 3 is 2.62 bits per heavy atom. The van der Waals surface area contributed by atoms with Crippen molar-refractivity contribution in [1.29, 1.82) is 0 Å². The minimum atomic E-state index is -1.17. The van der Waals surface area contributed by atoms with Crippen LogP contribution in [0, 0.1) is 0 Å². The Labute approximate surface area is 181 Å². The molecular weight excluding hydrogens is 418 g/mol. The molecule has 0 radical (unpaired) electrons. The number of furan rings is 1. The number of nitrogens with one attached hydrogen (secondary N) is 1. The molecule has 0 aliphatic heterocycles. The summed E-state index contributed by atoms with van der Waals surface area (Å²) in [7, 11) is 1.37. The number of aromatic amines is 1. The summed E-state index contributed by atoms with van der Waals surface area (Å²) < 4.78 is 22.0. The molecular formula is C23H19NO8. The third kappa shape index (κ3) is 3.53. The molecule has 2 heterocycles. The van der Waals surface area contributed by atoms with Gasteiger partial charge in [0.25, 0.3) is 5.56 Å². The quantitative estimate of drug-likeness (QED) is 0.420. The number of aliphatic carboxylic acids is 1. The van der Waals surface area contributed by atoms with Gasteiger partial charge in [-0.05, 0) is 25.1 Å². The van der Waals surface area contributed by atoms with E-state index in [0.717, 1.165) is 0 Å². The number of para-hydroxylation sites is 2. The highest BCUT2D eigenvalue weighted by Crippen LogP contribution is 2.43. The van der Waals surface area contributed by atoms with Gasteiger partial charge in [0.1, 0.15) is 11.1 Å². The molecule has 9 nitrogen and oxygen atoms in total. The molecule has 2 aromatic heterocycles. The van der Waals surface area contributed by atoms with Crippen molar-refractivity contribution in [3.8, 4) is 22.6 Å². The third-order valence-corrected chi connectivity index (χ3v) is 4.82. The number of carboxylic acid groups (broad SMARTS) is 1. The Morgan fingerprint density at radius 2 is 1.91 bits per heavy atom. The predicted octanol–water partition coefficient (Wildman–Crippen LogP) is 3.59. The number of aromatic nitrogens is 1. The van der Waals surface area contributed by atoms with E-state index in [1.165, 1.54) is 13.2 Å². The van der Waals surface area contributed by atoms with Crippen LogP contribution in [0.2, 0.25) is 0 Å². The average Bonchev–Trinajstić information content (AvgIpc) is 3.14. The molecule has 2 N–H and O–H groups in total. The maximum absolute atomic E-state index is 13.0. The van der Waals surface area contributed by atoms with E-state index in [4.69, 9.17) is 23.7 Å². The maximum atomic E-state index is 13.0. The lowest BCUT2D eigenvalue weighted by Gasteiger charge is -2.15. The van der Waals surface area contributed by atoms with Gasteiger partial charge in [0.15, 0.2) is 23.7 Å². The number of carboxylic acids is 1. The molecule has 4 aromatic rings. The fourth-order valence-corrected chi connectivity index (χ4v) is 3.58. The molecule has 0 bridgehead atoms. The van der Waals surface area contributed by atoms with Gasteiger partial charge in [-0.3, -0.25) is 4.79 Å². The van der Waals surface area contributed by atoms with Crippen molar-refractivity contribution in [1.82, 2.24) is 4.98 Å². The molecule has 0 spiro atoms. The number of H-pyrrole nitrogens is 1. The van der Waals surface area contributed by atoms with E-state index in [2.05, 4.69) is 4.98 Å². The van der Waals surface area contributed by atoms with Crippen LogP contribution in [-0.2, 0) is 9.53 Å². The summed E-state index contributed by atoms with van der Waals surface area (Å²) in [6, 6.07) is 11.9. The number of carbonyl (C=O) groups is 2. The van der Waals surface area contributed by atoms with E-state index in [-0.39, 0.29) is 34.8 Å². The standard InChI is InChI=1S/C23H19NO8/c1-3-30-23(28)18-17(13-8-6-10-15(20(13)29-2)31-11-16(25)26)21-19(24-22(18)27)12-7-4-5-9-14(12)32-21/h4-10H,3,11H2,1-2H3,(H,24,27)(H,25,26). The van der Waals surface area contributed by atoms with Gasteiger partial charge in [0, 0.05) is 10.9 Å². The summed E-state index contributed by atoms with van der Waals surface area (Å²) in [6.45, 7) is 1.10. The van der Waals surface area contributed by atoms with Crippen LogP contribution >= 0.6 is 0 Å². The summed E-state index contributed by atoms with van der Waals surface area (Å²) in [5.41, 5.74) is 0.737. The smallest absolute Gasteiger partial charge is 0.344 e. The SMILES string of the molecule is CCOC(=O)c1c(-c2cccc(OCC(=O)O)c2OC)c2oc3ccccc3c2[nH]c1=O. The van der Waals surface area contributed by atoms with Crippen molar-refractivity contribution in [3.63, 3.8) is 0 Å². The van der Waals surface area contributed by atoms with Gasteiger partial charge >= 0.3 is 11.9 Å². The lowest BCUT2D eigenvalue weighted by atomic mass is 9.98. The molecule has 32 heavy (non-hydrogen) atoms. The zero-order chi connectivity index (χ0) is 22.8. The Balaban J connectivity index is 2.10. The van der Waals surface area contributed by atoms with E-state index in [1.54, 1.807) is 43.3 Å². The number of pyridine rings is 1. The predicted molar refractivity (Wildman–Crippen MR) is 115 cm³/mol. The minimum Gasteiger partial charge on any atom is -0.492 e. The number of hydrogen-bond acceptors (Lipinski definition) is 7. The minimum absolute atomic E-state index is 0.0643. The molecule has 164 valence electrons. The van der Waals surface area contributed by atoms with Crippen molar-refractivity contribution in [2.24, 2.45) is 0 Å². The topological polar surface area (TPSA) is 128 Å². The summed E-state index contributed by atoms with van der Waals surface area (Å²) >= 11 is 0. The molecule has 0 saturated carbocycles. The van der Waals surface area contributed by atoms with Gasteiger partial charge in [-0.25, -0.2) is 9.59 Å². The first-order chi connectivity index (χ1) is 15.5. The second kappa shape index (κ2) is 8.46. The zero-order valence-corrected chi connectivity index (χ0v) is 17.3. The Hall–Kier alpha value is -4.27. The van der Waals surface area contributed by atoms with Crippen LogP contribution in [-0.4, -0.2) is 42.4 Å². The van der Waals surface area contributed by atoms with Crippen LogP contribution in [0.3, 0.4) is 0 Å². The van der Waals surface area contributed by atoms with Crippen LogP contribution in [0.4, 0.5) is 0 Å². The van der Waals surface area contributed by atoms with Crippen LogP contribution in [0.25, 0.3) is 33.2 Å². The van der Waals surface area contributed by atoms with Crippen molar-refractivity contribution >= 4 is 34.0 Å². The molecule has 9 heteroatoms. The van der Waals surface area contributed by atoms with Crippen molar-refractivity contribution in [3.05, 3.63) is 58.4 Å². The summed E-state index contributed by atoms with van der Waals surface area (Å²) in [5.74, 6) is -1.72. The van der Waals surface area contributed by atoms with Gasteiger partial charge < -0.3 is 28.7 Å².